The normalized spacial score (nSPS) is 10.7. The molecular weight excluding hydrogens is 488 g/mol. The zero-order valence-electron chi connectivity index (χ0n) is 20.5. The number of ether oxygens (including phenoxy) is 2. The summed E-state index contributed by atoms with van der Waals surface area (Å²) >= 11 is 0. The summed E-state index contributed by atoms with van der Waals surface area (Å²) in [5, 5.41) is 42.4. The highest BCUT2D eigenvalue weighted by atomic mass is 16.6. The van der Waals surface area contributed by atoms with Gasteiger partial charge in [0.1, 0.15) is 11.5 Å². The van der Waals surface area contributed by atoms with Crippen LogP contribution in [0.3, 0.4) is 0 Å². The number of carbonyl (C=O) groups excluding carboxylic acids is 2. The van der Waals surface area contributed by atoms with Crippen molar-refractivity contribution in [2.24, 2.45) is 0 Å². The summed E-state index contributed by atoms with van der Waals surface area (Å²) in [6.45, 7) is 1.79. The van der Waals surface area contributed by atoms with E-state index in [-0.39, 0.29) is 58.1 Å². The lowest BCUT2D eigenvalue weighted by Gasteiger charge is -2.21. The van der Waals surface area contributed by atoms with Gasteiger partial charge in [0.2, 0.25) is 0 Å². The summed E-state index contributed by atoms with van der Waals surface area (Å²) in [7, 11) is 0. The zero-order chi connectivity index (χ0) is 27.2. The minimum Gasteiger partial charge on any atom is -0.508 e. The summed E-state index contributed by atoms with van der Waals surface area (Å²) in [4.78, 5) is 25.4. The molecule has 4 rings (SSSR count). The molecule has 4 aromatic carbocycles. The number of hydrogen-bond acceptors (Lipinski definition) is 8. The first kappa shape index (κ1) is 26.1. The number of hydrogen-bond donors (Lipinski definition) is 4. The van der Waals surface area contributed by atoms with Gasteiger partial charge in [-0.1, -0.05) is 61.5 Å². The van der Waals surface area contributed by atoms with E-state index in [0.29, 0.717) is 12.0 Å². The topological polar surface area (TPSA) is 134 Å². The number of aromatic hydroxyl groups is 4. The first-order chi connectivity index (χ1) is 18.3. The molecule has 0 spiro atoms. The molecule has 4 N–H and O–H groups in total. The third kappa shape index (κ3) is 5.70. The maximum Gasteiger partial charge on any atom is 0.315 e. The van der Waals surface area contributed by atoms with Crippen LogP contribution >= 0.6 is 0 Å². The highest BCUT2D eigenvalue weighted by Crippen LogP contribution is 2.56. The van der Waals surface area contributed by atoms with Crippen molar-refractivity contribution < 1.29 is 39.5 Å². The number of rotatable bonds is 8. The van der Waals surface area contributed by atoms with Gasteiger partial charge in [-0.15, -0.1) is 0 Å². The first-order valence-corrected chi connectivity index (χ1v) is 11.9. The predicted octanol–water partition coefficient (Wildman–Crippen LogP) is 5.70. The van der Waals surface area contributed by atoms with Gasteiger partial charge in [0.25, 0.3) is 0 Å². The van der Waals surface area contributed by atoms with Gasteiger partial charge in [0.15, 0.2) is 23.0 Å². The molecule has 0 heterocycles. The molecule has 0 saturated heterocycles. The molecule has 0 bridgehead atoms. The van der Waals surface area contributed by atoms with Crippen molar-refractivity contribution in [2.45, 2.75) is 26.2 Å². The quantitative estimate of drug-likeness (QED) is 0.134. The molecular formula is C30H26O8. The molecule has 4 aromatic rings. The van der Waals surface area contributed by atoms with Gasteiger partial charge in [-0.3, -0.25) is 9.59 Å². The van der Waals surface area contributed by atoms with Crippen molar-refractivity contribution in [1.29, 1.82) is 0 Å². The van der Waals surface area contributed by atoms with Crippen LogP contribution in [0.25, 0.3) is 22.3 Å². The van der Waals surface area contributed by atoms with Gasteiger partial charge in [0, 0.05) is 6.42 Å². The average Bonchev–Trinajstić information content (AvgIpc) is 2.89. The first-order valence-electron chi connectivity index (χ1n) is 11.9. The minimum absolute atomic E-state index is 0.0442. The van der Waals surface area contributed by atoms with Gasteiger partial charge in [0.05, 0.1) is 17.5 Å². The molecule has 0 atom stereocenters. The van der Waals surface area contributed by atoms with Crippen molar-refractivity contribution in [3.05, 3.63) is 84.4 Å². The van der Waals surface area contributed by atoms with Crippen molar-refractivity contribution in [3.63, 3.8) is 0 Å². The molecule has 0 unspecified atom stereocenters. The van der Waals surface area contributed by atoms with E-state index in [1.54, 1.807) is 31.2 Å². The van der Waals surface area contributed by atoms with Gasteiger partial charge in [-0.25, -0.2) is 0 Å². The predicted molar refractivity (Wildman–Crippen MR) is 140 cm³/mol. The number of phenols is 4. The van der Waals surface area contributed by atoms with E-state index in [4.69, 9.17) is 9.47 Å². The summed E-state index contributed by atoms with van der Waals surface area (Å²) in [6, 6.07) is 20.1. The molecule has 0 aliphatic heterocycles. The summed E-state index contributed by atoms with van der Waals surface area (Å²) in [6.07, 6.45) is 0.426. The van der Waals surface area contributed by atoms with Crippen LogP contribution < -0.4 is 9.47 Å². The van der Waals surface area contributed by atoms with Crippen LogP contribution in [0.1, 0.15) is 25.3 Å². The molecule has 0 radical (unpaired) electrons. The van der Waals surface area contributed by atoms with E-state index in [1.807, 2.05) is 6.07 Å². The Bertz CT molecular complexity index is 1440. The van der Waals surface area contributed by atoms with E-state index >= 15 is 0 Å². The van der Waals surface area contributed by atoms with Crippen LogP contribution in [0.4, 0.5) is 0 Å². The number of phenolic OH excluding ortho intramolecular Hbond substituents is 4. The maximum atomic E-state index is 12.9. The van der Waals surface area contributed by atoms with E-state index in [9.17, 15) is 30.0 Å². The maximum absolute atomic E-state index is 12.9. The molecule has 0 fully saturated rings. The molecule has 38 heavy (non-hydrogen) atoms. The Balaban J connectivity index is 1.94. The van der Waals surface area contributed by atoms with Gasteiger partial charge < -0.3 is 29.9 Å². The molecule has 0 saturated carbocycles. The van der Waals surface area contributed by atoms with Gasteiger partial charge >= 0.3 is 11.9 Å². The number of benzene rings is 4. The number of carbonyl (C=O) groups is 2. The third-order valence-corrected chi connectivity index (χ3v) is 5.75. The SMILES string of the molecule is CCCC(=O)Oc1c(O)c(-c2ccc(O)cc2)c(OC(=O)Cc2ccccc2)c(O)c1-c1ccc(O)cc1. The van der Waals surface area contributed by atoms with E-state index < -0.39 is 23.4 Å². The average molecular weight is 515 g/mol. The van der Waals surface area contributed by atoms with Crippen LogP contribution in [0.5, 0.6) is 34.5 Å². The lowest BCUT2D eigenvalue weighted by atomic mass is 9.95. The Morgan fingerprint density at radius 3 is 1.53 bits per heavy atom. The van der Waals surface area contributed by atoms with Crippen LogP contribution in [0, 0.1) is 0 Å². The van der Waals surface area contributed by atoms with Crippen LogP contribution in [-0.4, -0.2) is 32.4 Å². The second kappa shape index (κ2) is 11.4. The zero-order valence-corrected chi connectivity index (χ0v) is 20.5. The van der Waals surface area contributed by atoms with Gasteiger partial charge in [-0.05, 0) is 47.4 Å². The molecule has 8 nitrogen and oxygen atoms in total. The molecule has 0 aromatic heterocycles. The van der Waals surface area contributed by atoms with Crippen LogP contribution in [0.2, 0.25) is 0 Å². The highest BCUT2D eigenvalue weighted by molar-refractivity contribution is 5.96. The number of esters is 2. The van der Waals surface area contributed by atoms with E-state index in [0.717, 1.165) is 0 Å². The fourth-order valence-electron chi connectivity index (χ4n) is 3.95. The monoisotopic (exact) mass is 514 g/mol. The Morgan fingerprint density at radius 2 is 1.08 bits per heavy atom. The van der Waals surface area contributed by atoms with Crippen molar-refractivity contribution >= 4 is 11.9 Å². The Morgan fingerprint density at radius 1 is 0.632 bits per heavy atom. The smallest absolute Gasteiger partial charge is 0.315 e. The fraction of sp³-hybridized carbons (Fsp3) is 0.133. The molecule has 0 amide bonds. The minimum atomic E-state index is -0.710. The Hall–Kier alpha value is -4.98. The van der Waals surface area contributed by atoms with Crippen molar-refractivity contribution in [3.8, 4) is 56.8 Å². The highest BCUT2D eigenvalue weighted by Gasteiger charge is 2.30. The lowest BCUT2D eigenvalue weighted by Crippen LogP contribution is -2.13. The van der Waals surface area contributed by atoms with E-state index in [2.05, 4.69) is 0 Å². The summed E-state index contributed by atoms with van der Waals surface area (Å²) in [5.74, 6) is -3.25. The Kier molecular flexibility index (Phi) is 7.82. The van der Waals surface area contributed by atoms with Crippen molar-refractivity contribution in [1.82, 2.24) is 0 Å². The van der Waals surface area contributed by atoms with Gasteiger partial charge in [-0.2, -0.15) is 0 Å². The largest absolute Gasteiger partial charge is 0.508 e. The lowest BCUT2D eigenvalue weighted by molar-refractivity contribution is -0.135. The standard InChI is InChI=1S/C30H26O8/c1-2-6-23(33)37-29-25(19-9-13-21(31)14-10-19)28(36)30(38-24(34)17-18-7-4-3-5-8-18)26(27(29)35)20-11-15-22(32)16-12-20/h3-5,7-16,31-32,35-36H,2,6,17H2,1H3. The summed E-state index contributed by atoms with van der Waals surface area (Å²) < 4.78 is 11.2. The van der Waals surface area contributed by atoms with Crippen molar-refractivity contribution in [2.75, 3.05) is 0 Å². The second-order valence-corrected chi connectivity index (χ2v) is 8.56. The summed E-state index contributed by atoms with van der Waals surface area (Å²) in [5.41, 5.74) is 1.04. The second-order valence-electron chi connectivity index (χ2n) is 8.56. The Labute approximate surface area is 219 Å². The molecule has 194 valence electrons. The molecule has 0 aliphatic carbocycles. The van der Waals surface area contributed by atoms with E-state index in [1.165, 1.54) is 48.5 Å². The molecule has 0 aliphatic rings. The third-order valence-electron chi connectivity index (χ3n) is 5.75. The molecule has 8 heteroatoms. The van der Waals surface area contributed by atoms with Crippen LogP contribution in [-0.2, 0) is 16.0 Å². The fourth-order valence-corrected chi connectivity index (χ4v) is 3.95. The van der Waals surface area contributed by atoms with Crippen LogP contribution in [0.15, 0.2) is 78.9 Å².